The molecule has 2 N–H and O–H groups in total. The Labute approximate surface area is 73.0 Å². The molecule has 1 rings (SSSR count). The van der Waals surface area contributed by atoms with E-state index in [1.54, 1.807) is 6.26 Å². The molecule has 1 heterocycles. The Balaban J connectivity index is 2.58. The minimum atomic E-state index is 0.0162. The second-order valence-corrected chi connectivity index (χ2v) is 3.53. The molecule has 0 fully saturated rings. The molecule has 0 unspecified atom stereocenters. The fourth-order valence-electron chi connectivity index (χ4n) is 1.18. The molecule has 0 saturated carbocycles. The van der Waals surface area contributed by atoms with Crippen LogP contribution in [0, 0.1) is 12.8 Å². The van der Waals surface area contributed by atoms with Crippen LogP contribution in [-0.2, 0) is 0 Å². The summed E-state index contributed by atoms with van der Waals surface area (Å²) in [5.41, 5.74) is 6.75. The summed E-state index contributed by atoms with van der Waals surface area (Å²) in [7, 11) is 0. The molecule has 68 valence electrons. The van der Waals surface area contributed by atoms with Crippen molar-refractivity contribution < 1.29 is 4.42 Å². The molecule has 1 atom stereocenters. The Morgan fingerprint density at radius 2 is 2.25 bits per heavy atom. The molecule has 0 aliphatic rings. The summed E-state index contributed by atoms with van der Waals surface area (Å²) in [6.45, 7) is 6.12. The first-order valence-corrected chi connectivity index (χ1v) is 4.27. The van der Waals surface area contributed by atoms with E-state index in [9.17, 15) is 0 Å². The van der Waals surface area contributed by atoms with Gasteiger partial charge in [0.15, 0.2) is 5.89 Å². The summed E-state index contributed by atoms with van der Waals surface area (Å²) < 4.78 is 5.08. The summed E-state index contributed by atoms with van der Waals surface area (Å²) >= 11 is 0. The van der Waals surface area contributed by atoms with E-state index in [0.29, 0.717) is 11.8 Å². The second kappa shape index (κ2) is 3.72. The van der Waals surface area contributed by atoms with Gasteiger partial charge in [-0.2, -0.15) is 0 Å². The normalized spacial score (nSPS) is 13.8. The molecule has 3 heteroatoms. The number of oxazole rings is 1. The van der Waals surface area contributed by atoms with Crippen LogP contribution in [0.3, 0.4) is 0 Å². The minimum Gasteiger partial charge on any atom is -0.449 e. The number of nitrogens with two attached hydrogens (primary N) is 1. The van der Waals surface area contributed by atoms with Gasteiger partial charge in [-0.05, 0) is 12.3 Å². The fourth-order valence-corrected chi connectivity index (χ4v) is 1.18. The SMILES string of the molecule is Cc1nc([C@@H](N)CC(C)C)co1. The maximum Gasteiger partial charge on any atom is 0.191 e. The molecule has 0 amide bonds. The molecule has 12 heavy (non-hydrogen) atoms. The molecule has 1 aromatic heterocycles. The average Bonchev–Trinajstić information content (AvgIpc) is 2.34. The van der Waals surface area contributed by atoms with Crippen molar-refractivity contribution in [3.05, 3.63) is 17.8 Å². The highest BCUT2D eigenvalue weighted by atomic mass is 16.3. The van der Waals surface area contributed by atoms with Gasteiger partial charge in [-0.25, -0.2) is 4.98 Å². The number of hydrogen-bond donors (Lipinski definition) is 1. The first-order chi connectivity index (χ1) is 5.59. The summed E-state index contributed by atoms with van der Waals surface area (Å²) in [6.07, 6.45) is 2.59. The van der Waals surface area contributed by atoms with Crippen LogP contribution in [0.1, 0.15) is 37.9 Å². The van der Waals surface area contributed by atoms with E-state index in [1.165, 1.54) is 0 Å². The van der Waals surface area contributed by atoms with Crippen molar-refractivity contribution in [3.63, 3.8) is 0 Å². The molecule has 0 bridgehead atoms. The zero-order valence-electron chi connectivity index (χ0n) is 7.87. The van der Waals surface area contributed by atoms with Crippen molar-refractivity contribution in [3.8, 4) is 0 Å². The van der Waals surface area contributed by atoms with Crippen molar-refractivity contribution in [2.24, 2.45) is 11.7 Å². The maximum atomic E-state index is 5.89. The average molecular weight is 168 g/mol. The van der Waals surface area contributed by atoms with Crippen LogP contribution in [0.4, 0.5) is 0 Å². The summed E-state index contributed by atoms with van der Waals surface area (Å²) in [6, 6.07) is 0.0162. The van der Waals surface area contributed by atoms with Crippen LogP contribution in [0.15, 0.2) is 10.7 Å². The monoisotopic (exact) mass is 168 g/mol. The van der Waals surface area contributed by atoms with Gasteiger partial charge >= 0.3 is 0 Å². The molecule has 0 aliphatic heterocycles. The molecule has 0 spiro atoms. The molecule has 3 nitrogen and oxygen atoms in total. The molecular formula is C9H16N2O. The van der Waals surface area contributed by atoms with Crippen molar-refractivity contribution in [2.45, 2.75) is 33.2 Å². The molecule has 1 aromatic rings. The van der Waals surface area contributed by atoms with Gasteiger partial charge in [-0.15, -0.1) is 0 Å². The van der Waals surface area contributed by atoms with Gasteiger partial charge in [0.05, 0.1) is 11.7 Å². The first-order valence-electron chi connectivity index (χ1n) is 4.27. The van der Waals surface area contributed by atoms with Gasteiger partial charge in [0.2, 0.25) is 0 Å². The van der Waals surface area contributed by atoms with Crippen LogP contribution in [0.25, 0.3) is 0 Å². The third-order valence-corrected chi connectivity index (χ3v) is 1.74. The van der Waals surface area contributed by atoms with Gasteiger partial charge in [0.25, 0.3) is 0 Å². The predicted octanol–water partition coefficient (Wildman–Crippen LogP) is 2.03. The van der Waals surface area contributed by atoms with E-state index in [4.69, 9.17) is 10.2 Å². The summed E-state index contributed by atoms with van der Waals surface area (Å²) in [4.78, 5) is 4.17. The Morgan fingerprint density at radius 1 is 1.58 bits per heavy atom. The van der Waals surface area contributed by atoms with E-state index in [-0.39, 0.29) is 6.04 Å². The third-order valence-electron chi connectivity index (χ3n) is 1.74. The van der Waals surface area contributed by atoms with Crippen LogP contribution in [-0.4, -0.2) is 4.98 Å². The smallest absolute Gasteiger partial charge is 0.191 e. The highest BCUT2D eigenvalue weighted by Crippen LogP contribution is 2.17. The van der Waals surface area contributed by atoms with Gasteiger partial charge in [0, 0.05) is 6.92 Å². The van der Waals surface area contributed by atoms with Crippen LogP contribution >= 0.6 is 0 Å². The highest BCUT2D eigenvalue weighted by Gasteiger charge is 2.11. The van der Waals surface area contributed by atoms with Gasteiger partial charge in [0.1, 0.15) is 6.26 Å². The zero-order chi connectivity index (χ0) is 9.14. The van der Waals surface area contributed by atoms with E-state index >= 15 is 0 Å². The van der Waals surface area contributed by atoms with E-state index in [2.05, 4.69) is 18.8 Å². The lowest BCUT2D eigenvalue weighted by atomic mass is 10.0. The number of aromatic nitrogens is 1. The van der Waals surface area contributed by atoms with Crippen molar-refractivity contribution in [1.82, 2.24) is 4.98 Å². The fraction of sp³-hybridized carbons (Fsp3) is 0.667. The molecule has 0 saturated heterocycles. The lowest BCUT2D eigenvalue weighted by Gasteiger charge is -2.09. The van der Waals surface area contributed by atoms with E-state index in [1.807, 2.05) is 6.92 Å². The Morgan fingerprint density at radius 3 is 2.67 bits per heavy atom. The lowest BCUT2D eigenvalue weighted by molar-refractivity contribution is 0.495. The Bertz CT molecular complexity index is 242. The molecule has 0 aromatic carbocycles. The minimum absolute atomic E-state index is 0.0162. The van der Waals surface area contributed by atoms with Crippen molar-refractivity contribution >= 4 is 0 Å². The van der Waals surface area contributed by atoms with E-state index in [0.717, 1.165) is 12.1 Å². The largest absolute Gasteiger partial charge is 0.449 e. The van der Waals surface area contributed by atoms with Gasteiger partial charge in [-0.3, -0.25) is 0 Å². The standard InChI is InChI=1S/C9H16N2O/c1-6(2)4-8(10)9-5-12-7(3)11-9/h5-6,8H,4,10H2,1-3H3/t8-/m0/s1. The molecular weight excluding hydrogens is 152 g/mol. The molecule has 0 aliphatic carbocycles. The van der Waals surface area contributed by atoms with Crippen molar-refractivity contribution in [2.75, 3.05) is 0 Å². The quantitative estimate of drug-likeness (QED) is 0.751. The summed E-state index contributed by atoms with van der Waals surface area (Å²) in [5, 5.41) is 0. The number of rotatable bonds is 3. The number of hydrogen-bond acceptors (Lipinski definition) is 3. The van der Waals surface area contributed by atoms with Gasteiger partial charge < -0.3 is 10.2 Å². The summed E-state index contributed by atoms with van der Waals surface area (Å²) in [5.74, 6) is 1.28. The van der Waals surface area contributed by atoms with Gasteiger partial charge in [-0.1, -0.05) is 13.8 Å². The predicted molar refractivity (Wildman–Crippen MR) is 47.6 cm³/mol. The maximum absolute atomic E-state index is 5.89. The first kappa shape index (κ1) is 9.26. The second-order valence-electron chi connectivity index (χ2n) is 3.53. The zero-order valence-corrected chi connectivity index (χ0v) is 7.87. The lowest BCUT2D eigenvalue weighted by Crippen LogP contribution is -2.13. The number of aryl methyl sites for hydroxylation is 1. The molecule has 0 radical (unpaired) electrons. The topological polar surface area (TPSA) is 52.0 Å². The Kier molecular flexibility index (Phi) is 2.87. The van der Waals surface area contributed by atoms with E-state index < -0.39 is 0 Å². The number of nitrogens with zero attached hydrogens (tertiary/aromatic N) is 1. The highest BCUT2D eigenvalue weighted by molar-refractivity contribution is 5.01. The third kappa shape index (κ3) is 2.34. The Hall–Kier alpha value is -0.830. The van der Waals surface area contributed by atoms with Crippen LogP contribution in [0.2, 0.25) is 0 Å². The van der Waals surface area contributed by atoms with Crippen LogP contribution in [0.5, 0.6) is 0 Å². The van der Waals surface area contributed by atoms with Crippen LogP contribution < -0.4 is 5.73 Å². The van der Waals surface area contributed by atoms with Crippen molar-refractivity contribution in [1.29, 1.82) is 0 Å².